The molecule has 0 amide bonds. The molecular weight excluding hydrogens is 476 g/mol. The van der Waals surface area contributed by atoms with Gasteiger partial charge >= 0.3 is 5.97 Å². The standard InChI is InChI=1S/C29H35ClN2O4/c1-36-22-10-11-27-24(18-22)23(13-15-31-27)28(33)12-9-20-14-17-32(19-25(20)29(34)35)16-5-4-7-21-6-2-3-8-26(21)30/h2-3,6,8,10-11,13,15,18,20,25,28,33H,4-5,7,9,12,14,16-17,19H2,1H3,(H,34,35)/t20-,25+,28+/m1/s1. The van der Waals surface area contributed by atoms with Crippen LogP contribution in [-0.2, 0) is 11.2 Å². The van der Waals surface area contributed by atoms with Crippen molar-refractivity contribution in [2.45, 2.75) is 44.6 Å². The summed E-state index contributed by atoms with van der Waals surface area (Å²) >= 11 is 6.25. The van der Waals surface area contributed by atoms with Gasteiger partial charge in [0.05, 0.1) is 24.6 Å². The number of fused-ring (bicyclic) bond motifs is 1. The number of aliphatic hydroxyl groups is 1. The van der Waals surface area contributed by atoms with Crippen LogP contribution in [0.1, 0.15) is 49.3 Å². The Labute approximate surface area is 217 Å². The topological polar surface area (TPSA) is 82.9 Å². The van der Waals surface area contributed by atoms with Gasteiger partial charge in [0.2, 0.25) is 0 Å². The summed E-state index contributed by atoms with van der Waals surface area (Å²) in [4.78, 5) is 18.8. The maximum atomic E-state index is 12.1. The fraction of sp³-hybridized carbons (Fsp3) is 0.448. The van der Waals surface area contributed by atoms with Gasteiger partial charge in [-0.25, -0.2) is 0 Å². The van der Waals surface area contributed by atoms with Crippen molar-refractivity contribution in [1.82, 2.24) is 9.88 Å². The molecule has 3 atom stereocenters. The third-order valence-electron chi connectivity index (χ3n) is 7.44. The number of unbranched alkanes of at least 4 members (excludes halogenated alkanes) is 1. The first kappa shape index (κ1) is 26.4. The van der Waals surface area contributed by atoms with Gasteiger partial charge in [-0.1, -0.05) is 29.8 Å². The number of aryl methyl sites for hydroxylation is 1. The van der Waals surface area contributed by atoms with Crippen molar-refractivity contribution < 1.29 is 19.7 Å². The average molecular weight is 511 g/mol. The minimum atomic E-state index is -0.741. The molecule has 4 rings (SSSR count). The number of carboxylic acids is 1. The van der Waals surface area contributed by atoms with E-state index in [1.165, 1.54) is 5.56 Å². The zero-order valence-electron chi connectivity index (χ0n) is 20.8. The highest BCUT2D eigenvalue weighted by molar-refractivity contribution is 6.31. The molecule has 2 heterocycles. The number of likely N-dealkylation sites (tertiary alicyclic amines) is 1. The predicted octanol–water partition coefficient (Wildman–Crippen LogP) is 5.76. The molecule has 2 aromatic carbocycles. The van der Waals surface area contributed by atoms with Crippen LogP contribution in [-0.4, -0.2) is 52.8 Å². The smallest absolute Gasteiger partial charge is 0.308 e. The van der Waals surface area contributed by atoms with Crippen molar-refractivity contribution in [2.24, 2.45) is 11.8 Å². The third kappa shape index (κ3) is 6.55. The van der Waals surface area contributed by atoms with E-state index in [1.54, 1.807) is 13.3 Å². The monoisotopic (exact) mass is 510 g/mol. The number of methoxy groups -OCH3 is 1. The Kier molecular flexibility index (Phi) is 9.19. The lowest BCUT2D eigenvalue weighted by molar-refractivity contribution is -0.146. The number of hydrogen-bond acceptors (Lipinski definition) is 5. The number of aliphatic carboxylic acids is 1. The molecule has 6 nitrogen and oxygen atoms in total. The molecule has 1 fully saturated rings. The molecule has 0 radical (unpaired) electrons. The first-order chi connectivity index (χ1) is 17.5. The van der Waals surface area contributed by atoms with Crippen molar-refractivity contribution in [3.8, 4) is 5.75 Å². The van der Waals surface area contributed by atoms with Crippen molar-refractivity contribution in [3.63, 3.8) is 0 Å². The minimum Gasteiger partial charge on any atom is -0.497 e. The Bertz CT molecular complexity index is 1170. The van der Waals surface area contributed by atoms with E-state index in [1.807, 2.05) is 42.5 Å². The maximum absolute atomic E-state index is 12.1. The molecule has 0 unspecified atom stereocenters. The highest BCUT2D eigenvalue weighted by Crippen LogP contribution is 2.34. The van der Waals surface area contributed by atoms with Gasteiger partial charge in [-0.15, -0.1) is 0 Å². The number of benzene rings is 2. The van der Waals surface area contributed by atoms with Crippen LogP contribution in [0.25, 0.3) is 10.9 Å². The van der Waals surface area contributed by atoms with Gasteiger partial charge in [-0.05, 0) is 99.0 Å². The second kappa shape index (κ2) is 12.5. The summed E-state index contributed by atoms with van der Waals surface area (Å²) in [7, 11) is 1.62. The molecule has 1 aliphatic heterocycles. The Balaban J connectivity index is 1.30. The summed E-state index contributed by atoms with van der Waals surface area (Å²) in [5.41, 5.74) is 2.78. The predicted molar refractivity (Wildman–Crippen MR) is 143 cm³/mol. The highest BCUT2D eigenvalue weighted by Gasteiger charge is 2.34. The number of hydrogen-bond donors (Lipinski definition) is 2. The number of aromatic nitrogens is 1. The molecule has 0 aliphatic carbocycles. The molecule has 0 spiro atoms. The Hall–Kier alpha value is -2.67. The largest absolute Gasteiger partial charge is 0.497 e. The van der Waals surface area contributed by atoms with Crippen LogP contribution in [0.4, 0.5) is 0 Å². The zero-order chi connectivity index (χ0) is 25.5. The molecule has 192 valence electrons. The fourth-order valence-electron chi connectivity index (χ4n) is 5.34. The van der Waals surface area contributed by atoms with Crippen molar-refractivity contribution >= 4 is 28.5 Å². The van der Waals surface area contributed by atoms with E-state index in [9.17, 15) is 15.0 Å². The van der Waals surface area contributed by atoms with Gasteiger partial charge in [0.25, 0.3) is 0 Å². The Morgan fingerprint density at radius 1 is 1.22 bits per heavy atom. The number of halogens is 1. The van der Waals surface area contributed by atoms with Gasteiger partial charge in [0, 0.05) is 23.2 Å². The van der Waals surface area contributed by atoms with Crippen molar-refractivity contribution in [1.29, 1.82) is 0 Å². The lowest BCUT2D eigenvalue weighted by Crippen LogP contribution is -2.44. The number of aliphatic hydroxyl groups excluding tert-OH is 1. The summed E-state index contributed by atoms with van der Waals surface area (Å²) in [6, 6.07) is 15.4. The second-order valence-electron chi connectivity index (χ2n) is 9.72. The number of carboxylic acid groups (broad SMARTS) is 1. The molecule has 0 bridgehead atoms. The van der Waals surface area contributed by atoms with Crippen LogP contribution in [0.2, 0.25) is 5.02 Å². The minimum absolute atomic E-state index is 0.0548. The van der Waals surface area contributed by atoms with Crippen LogP contribution in [0.5, 0.6) is 5.75 Å². The van der Waals surface area contributed by atoms with E-state index in [0.717, 1.165) is 60.3 Å². The van der Waals surface area contributed by atoms with Gasteiger partial charge < -0.3 is 19.8 Å². The molecule has 0 saturated carbocycles. The van der Waals surface area contributed by atoms with Gasteiger partial charge in [0.15, 0.2) is 0 Å². The zero-order valence-corrected chi connectivity index (χ0v) is 21.5. The van der Waals surface area contributed by atoms with Gasteiger partial charge in [0.1, 0.15) is 5.75 Å². The molecule has 3 aromatic rings. The van der Waals surface area contributed by atoms with Gasteiger partial charge in [-0.2, -0.15) is 0 Å². The first-order valence-corrected chi connectivity index (χ1v) is 13.1. The third-order valence-corrected chi connectivity index (χ3v) is 7.81. The summed E-state index contributed by atoms with van der Waals surface area (Å²) in [6.45, 7) is 2.36. The average Bonchev–Trinajstić information content (AvgIpc) is 2.90. The van der Waals surface area contributed by atoms with E-state index < -0.39 is 18.0 Å². The molecule has 1 aromatic heterocycles. The van der Waals surface area contributed by atoms with Crippen LogP contribution >= 0.6 is 11.6 Å². The molecule has 1 saturated heterocycles. The molecule has 7 heteroatoms. The normalized spacial score (nSPS) is 19.3. The molecule has 1 aliphatic rings. The SMILES string of the molecule is COc1ccc2nccc([C@@H](O)CC[C@@H]3CCN(CCCCc4ccccc4Cl)C[C@@H]3C(=O)O)c2c1. The Morgan fingerprint density at radius 2 is 2.06 bits per heavy atom. The molecular formula is C29H35ClN2O4. The highest BCUT2D eigenvalue weighted by atomic mass is 35.5. The van der Waals surface area contributed by atoms with Crippen LogP contribution in [0.3, 0.4) is 0 Å². The fourth-order valence-corrected chi connectivity index (χ4v) is 5.57. The van der Waals surface area contributed by atoms with Crippen LogP contribution in [0.15, 0.2) is 54.7 Å². The summed E-state index contributed by atoms with van der Waals surface area (Å²) in [6.07, 6.45) is 6.02. The van der Waals surface area contributed by atoms with E-state index in [0.29, 0.717) is 25.1 Å². The molecule has 2 N–H and O–H groups in total. The van der Waals surface area contributed by atoms with Crippen LogP contribution < -0.4 is 4.74 Å². The molecule has 36 heavy (non-hydrogen) atoms. The van der Waals surface area contributed by atoms with E-state index in [4.69, 9.17) is 16.3 Å². The number of piperidine rings is 1. The number of rotatable bonds is 11. The summed E-state index contributed by atoms with van der Waals surface area (Å²) in [5.74, 6) is -0.383. The lowest BCUT2D eigenvalue weighted by Gasteiger charge is -2.37. The van der Waals surface area contributed by atoms with Crippen molar-refractivity contribution in [3.05, 3.63) is 70.9 Å². The number of pyridine rings is 1. The summed E-state index contributed by atoms with van der Waals surface area (Å²) in [5, 5.41) is 22.6. The maximum Gasteiger partial charge on any atom is 0.308 e. The number of nitrogens with zero attached hydrogens (tertiary/aromatic N) is 2. The van der Waals surface area contributed by atoms with E-state index >= 15 is 0 Å². The number of ether oxygens (including phenoxy) is 1. The first-order valence-electron chi connectivity index (χ1n) is 12.8. The second-order valence-corrected chi connectivity index (χ2v) is 10.1. The Morgan fingerprint density at radius 3 is 2.83 bits per heavy atom. The van der Waals surface area contributed by atoms with Gasteiger partial charge in [-0.3, -0.25) is 9.78 Å². The lowest BCUT2D eigenvalue weighted by atomic mass is 9.81. The van der Waals surface area contributed by atoms with Crippen LogP contribution in [0, 0.1) is 11.8 Å². The quantitative estimate of drug-likeness (QED) is 0.319. The van der Waals surface area contributed by atoms with E-state index in [-0.39, 0.29) is 5.92 Å². The number of carbonyl (C=O) groups is 1. The van der Waals surface area contributed by atoms with E-state index in [2.05, 4.69) is 16.0 Å². The summed E-state index contributed by atoms with van der Waals surface area (Å²) < 4.78 is 5.34. The van der Waals surface area contributed by atoms with Crippen molar-refractivity contribution in [2.75, 3.05) is 26.7 Å².